The first-order chi connectivity index (χ1) is 18.6. The number of aromatic nitrogens is 2. The number of nitrogen functional groups attached to an aromatic ring is 1. The van der Waals surface area contributed by atoms with Crippen molar-refractivity contribution in [2.75, 3.05) is 38.5 Å². The molecule has 1 aromatic heterocycles. The van der Waals surface area contributed by atoms with Crippen LogP contribution in [0.2, 0.25) is 0 Å². The maximum absolute atomic E-state index is 15.0. The summed E-state index contributed by atoms with van der Waals surface area (Å²) >= 11 is 0. The monoisotopic (exact) mass is 566 g/mol. The summed E-state index contributed by atoms with van der Waals surface area (Å²) in [7, 11) is 3.02. The highest BCUT2D eigenvalue weighted by Gasteiger charge is 2.48. The Bertz CT molecular complexity index is 1370. The number of hydrogen-bond donors (Lipinski definition) is 3. The van der Waals surface area contributed by atoms with Gasteiger partial charge in [0.1, 0.15) is 23.9 Å². The average molecular weight is 567 g/mol. The molecule has 0 unspecified atom stereocenters. The minimum Gasteiger partial charge on any atom is -0.493 e. The molecule has 1 atom stereocenters. The SMILES string of the molecule is COCCOc1cc2c(N[C@H](C)c3cc(N)cc(C(F)(F)C(C)(C)O)c3)nc(C3CC(F)(F)C3)nc2cc1OC. The lowest BCUT2D eigenvalue weighted by molar-refractivity contribution is -0.168. The fourth-order valence-electron chi connectivity index (χ4n) is 4.55. The normalized spacial score (nSPS) is 16.4. The highest BCUT2D eigenvalue weighted by Crippen LogP contribution is 2.48. The number of anilines is 2. The van der Waals surface area contributed by atoms with Crippen molar-refractivity contribution < 1.29 is 36.9 Å². The molecule has 4 rings (SSSR count). The molecular formula is C28H34F4N4O4. The van der Waals surface area contributed by atoms with Gasteiger partial charge in [-0.05, 0) is 50.6 Å². The number of fused-ring (bicyclic) bond motifs is 1. The van der Waals surface area contributed by atoms with E-state index in [2.05, 4.69) is 15.3 Å². The summed E-state index contributed by atoms with van der Waals surface area (Å²) in [6.45, 7) is 4.36. The first kappa shape index (κ1) is 29.6. The molecular weight excluding hydrogens is 532 g/mol. The van der Waals surface area contributed by atoms with E-state index in [0.717, 1.165) is 19.9 Å². The van der Waals surface area contributed by atoms with Gasteiger partial charge < -0.3 is 30.4 Å². The van der Waals surface area contributed by atoms with Crippen LogP contribution >= 0.6 is 0 Å². The van der Waals surface area contributed by atoms with Gasteiger partial charge in [-0.2, -0.15) is 8.78 Å². The van der Waals surface area contributed by atoms with Crippen LogP contribution in [0.15, 0.2) is 30.3 Å². The summed E-state index contributed by atoms with van der Waals surface area (Å²) in [6, 6.07) is 6.64. The van der Waals surface area contributed by atoms with Crippen molar-refractivity contribution in [1.29, 1.82) is 0 Å². The molecule has 2 aromatic carbocycles. The molecule has 40 heavy (non-hydrogen) atoms. The average Bonchev–Trinajstić information content (AvgIpc) is 2.85. The largest absolute Gasteiger partial charge is 0.493 e. The zero-order valence-corrected chi connectivity index (χ0v) is 23.0. The third-order valence-corrected chi connectivity index (χ3v) is 6.96. The van der Waals surface area contributed by atoms with E-state index in [-0.39, 0.29) is 31.0 Å². The number of benzene rings is 2. The van der Waals surface area contributed by atoms with Gasteiger partial charge in [0.05, 0.1) is 25.3 Å². The Morgan fingerprint density at radius 1 is 1.07 bits per heavy atom. The number of aliphatic hydroxyl groups is 1. The van der Waals surface area contributed by atoms with Crippen molar-refractivity contribution in [3.8, 4) is 11.5 Å². The molecule has 0 aliphatic heterocycles. The van der Waals surface area contributed by atoms with Crippen LogP contribution < -0.4 is 20.5 Å². The zero-order chi connectivity index (χ0) is 29.5. The molecule has 0 saturated heterocycles. The van der Waals surface area contributed by atoms with Gasteiger partial charge in [0, 0.05) is 48.6 Å². The predicted molar refractivity (Wildman–Crippen MR) is 143 cm³/mol. The Morgan fingerprint density at radius 3 is 2.38 bits per heavy atom. The number of rotatable bonds is 11. The van der Waals surface area contributed by atoms with Crippen molar-refractivity contribution in [3.05, 3.63) is 47.3 Å². The number of hydrogen-bond acceptors (Lipinski definition) is 8. The number of alkyl halides is 4. The molecule has 3 aromatic rings. The summed E-state index contributed by atoms with van der Waals surface area (Å²) in [5, 5.41) is 13.8. The second kappa shape index (κ2) is 10.9. The Labute approximate surface area is 229 Å². The number of halogens is 4. The first-order valence-electron chi connectivity index (χ1n) is 12.8. The highest BCUT2D eigenvalue weighted by atomic mass is 19.3. The standard InChI is InChI=1S/C28H34F4N4O4/c1-15(16-8-18(10-19(33)9-16)28(31,32)26(2,3)37)34-25-20-11-23(40-7-6-38-4)22(39-5)12-21(20)35-24(36-25)17-13-27(29,30)14-17/h8-12,15,17,37H,6-7,13-14,33H2,1-5H3,(H,34,35,36)/t15-/m1/s1. The third-order valence-electron chi connectivity index (χ3n) is 6.96. The van der Waals surface area contributed by atoms with Gasteiger partial charge >= 0.3 is 5.92 Å². The van der Waals surface area contributed by atoms with Crippen LogP contribution in [0.5, 0.6) is 11.5 Å². The van der Waals surface area contributed by atoms with Crippen molar-refractivity contribution >= 4 is 22.4 Å². The van der Waals surface area contributed by atoms with Crippen molar-refractivity contribution in [2.45, 2.75) is 63.0 Å². The maximum Gasteiger partial charge on any atom is 0.300 e. The highest BCUT2D eigenvalue weighted by molar-refractivity contribution is 5.92. The fourth-order valence-corrected chi connectivity index (χ4v) is 4.55. The van der Waals surface area contributed by atoms with E-state index in [1.165, 1.54) is 13.2 Å². The minimum atomic E-state index is -3.58. The number of methoxy groups -OCH3 is 2. The van der Waals surface area contributed by atoms with Crippen molar-refractivity contribution in [1.82, 2.24) is 9.97 Å². The summed E-state index contributed by atoms with van der Waals surface area (Å²) < 4.78 is 73.6. The zero-order valence-electron chi connectivity index (χ0n) is 23.0. The van der Waals surface area contributed by atoms with Gasteiger partial charge in [-0.3, -0.25) is 0 Å². The van der Waals surface area contributed by atoms with Crippen LogP contribution in [0.4, 0.5) is 29.1 Å². The lowest BCUT2D eigenvalue weighted by Gasteiger charge is -2.34. The van der Waals surface area contributed by atoms with Crippen LogP contribution in [0.1, 0.15) is 62.5 Å². The minimum absolute atomic E-state index is 0.0913. The van der Waals surface area contributed by atoms with Crippen LogP contribution in [0.25, 0.3) is 10.9 Å². The number of nitrogens with zero attached hydrogens (tertiary/aromatic N) is 2. The predicted octanol–water partition coefficient (Wildman–Crippen LogP) is 5.79. The molecule has 218 valence electrons. The fraction of sp³-hybridized carbons (Fsp3) is 0.500. The molecule has 1 fully saturated rings. The van der Waals surface area contributed by atoms with E-state index in [1.807, 2.05) is 0 Å². The van der Waals surface area contributed by atoms with Crippen LogP contribution in [-0.4, -0.2) is 54.0 Å². The molecule has 0 radical (unpaired) electrons. The van der Waals surface area contributed by atoms with Crippen molar-refractivity contribution in [3.63, 3.8) is 0 Å². The van der Waals surface area contributed by atoms with Gasteiger partial charge in [-0.1, -0.05) is 0 Å². The smallest absolute Gasteiger partial charge is 0.300 e. The maximum atomic E-state index is 15.0. The number of nitrogens with two attached hydrogens (primary N) is 1. The molecule has 1 heterocycles. The second-order valence-corrected chi connectivity index (χ2v) is 10.6. The Morgan fingerprint density at radius 2 is 1.77 bits per heavy atom. The second-order valence-electron chi connectivity index (χ2n) is 10.6. The topological polar surface area (TPSA) is 112 Å². The molecule has 1 saturated carbocycles. The van der Waals surface area contributed by atoms with Gasteiger partial charge in [0.15, 0.2) is 11.5 Å². The Kier molecular flexibility index (Phi) is 8.06. The van der Waals surface area contributed by atoms with Crippen LogP contribution in [-0.2, 0) is 10.7 Å². The molecule has 1 aliphatic carbocycles. The van der Waals surface area contributed by atoms with E-state index in [4.69, 9.17) is 19.9 Å². The Balaban J connectivity index is 1.77. The van der Waals surface area contributed by atoms with Crippen molar-refractivity contribution in [2.24, 2.45) is 0 Å². The summed E-state index contributed by atoms with van der Waals surface area (Å²) in [6.07, 6.45) is -0.735. The lowest BCUT2D eigenvalue weighted by atomic mass is 9.80. The molecule has 4 N–H and O–H groups in total. The summed E-state index contributed by atoms with van der Waals surface area (Å²) in [4.78, 5) is 9.13. The van der Waals surface area contributed by atoms with E-state index in [1.54, 1.807) is 32.2 Å². The van der Waals surface area contributed by atoms with Crippen LogP contribution in [0.3, 0.4) is 0 Å². The molecule has 8 nitrogen and oxygen atoms in total. The molecule has 0 bridgehead atoms. The van der Waals surface area contributed by atoms with E-state index < -0.39 is 35.0 Å². The van der Waals surface area contributed by atoms with Gasteiger partial charge in [-0.15, -0.1) is 0 Å². The van der Waals surface area contributed by atoms with Gasteiger partial charge in [-0.25, -0.2) is 18.7 Å². The molecule has 1 aliphatic rings. The summed E-state index contributed by atoms with van der Waals surface area (Å²) in [5.74, 6) is -5.56. The van der Waals surface area contributed by atoms with E-state index >= 15 is 0 Å². The van der Waals surface area contributed by atoms with Crippen LogP contribution in [0, 0.1) is 0 Å². The quantitative estimate of drug-likeness (QED) is 0.152. The van der Waals surface area contributed by atoms with E-state index in [9.17, 15) is 22.7 Å². The van der Waals surface area contributed by atoms with Gasteiger partial charge in [0.2, 0.25) is 5.92 Å². The molecule has 12 heteroatoms. The van der Waals surface area contributed by atoms with Gasteiger partial charge in [0.25, 0.3) is 0 Å². The number of nitrogens with one attached hydrogen (secondary N) is 1. The lowest BCUT2D eigenvalue weighted by Crippen LogP contribution is -2.40. The molecule has 0 amide bonds. The first-order valence-corrected chi connectivity index (χ1v) is 12.8. The molecule has 0 spiro atoms. The third kappa shape index (κ3) is 6.02. The summed E-state index contributed by atoms with van der Waals surface area (Å²) in [5.41, 5.74) is 4.14. The number of ether oxygens (including phenoxy) is 3. The Hall–Kier alpha value is -3.38. The van der Waals surface area contributed by atoms with E-state index in [0.29, 0.717) is 40.4 Å².